The van der Waals surface area contributed by atoms with Crippen molar-refractivity contribution >= 4 is 17.4 Å². The number of nitrogens with zero attached hydrogens (tertiary/aromatic N) is 1. The minimum Gasteiger partial charge on any atom is -0.326 e. The molecule has 0 unspecified atom stereocenters. The van der Waals surface area contributed by atoms with Crippen LogP contribution in [0.1, 0.15) is 5.56 Å². The van der Waals surface area contributed by atoms with Gasteiger partial charge in [-0.15, -0.1) is 0 Å². The predicted molar refractivity (Wildman–Crippen MR) is 71.6 cm³/mol. The Hall–Kier alpha value is -1.85. The monoisotopic (exact) mass is 260 g/mol. The van der Waals surface area contributed by atoms with Crippen molar-refractivity contribution in [3.05, 3.63) is 64.2 Å². The Labute approximate surface area is 109 Å². The highest BCUT2D eigenvalue weighted by Crippen LogP contribution is 2.35. The number of nitrogens with two attached hydrogens (primary N) is 1. The highest BCUT2D eigenvalue weighted by atomic mass is 32.2. The summed E-state index contributed by atoms with van der Waals surface area (Å²) in [7, 11) is 0. The fraction of sp³-hybridized carbons (Fsp3) is 0.0769. The van der Waals surface area contributed by atoms with Crippen LogP contribution in [-0.4, -0.2) is 4.92 Å². The van der Waals surface area contributed by atoms with Crippen molar-refractivity contribution in [3.8, 4) is 0 Å². The molecular weight excluding hydrogens is 248 g/mol. The van der Waals surface area contributed by atoms with Crippen LogP contribution in [0.4, 0.5) is 5.69 Å². The fourth-order valence-corrected chi connectivity index (χ4v) is 2.64. The zero-order valence-electron chi connectivity index (χ0n) is 9.58. The quantitative estimate of drug-likeness (QED) is 0.677. The van der Waals surface area contributed by atoms with E-state index < -0.39 is 0 Å². The molecule has 5 heteroatoms. The largest absolute Gasteiger partial charge is 0.326 e. The van der Waals surface area contributed by atoms with Crippen molar-refractivity contribution < 1.29 is 4.92 Å². The molecule has 0 radical (unpaired) electrons. The zero-order valence-corrected chi connectivity index (χ0v) is 10.4. The molecule has 0 aliphatic rings. The molecule has 2 rings (SSSR count). The van der Waals surface area contributed by atoms with Crippen LogP contribution < -0.4 is 5.73 Å². The molecule has 0 aliphatic heterocycles. The summed E-state index contributed by atoms with van der Waals surface area (Å²) in [5.74, 6) is 0. The predicted octanol–water partition coefficient (Wildman–Crippen LogP) is 3.20. The first kappa shape index (κ1) is 12.6. The topological polar surface area (TPSA) is 69.2 Å². The van der Waals surface area contributed by atoms with Crippen molar-refractivity contribution in [1.29, 1.82) is 0 Å². The highest BCUT2D eigenvalue weighted by molar-refractivity contribution is 7.99. The molecule has 2 aromatic carbocycles. The summed E-state index contributed by atoms with van der Waals surface area (Å²) >= 11 is 1.37. The molecule has 0 atom stereocenters. The highest BCUT2D eigenvalue weighted by Gasteiger charge is 2.14. The second-order valence-electron chi connectivity index (χ2n) is 3.64. The molecule has 18 heavy (non-hydrogen) atoms. The van der Waals surface area contributed by atoms with E-state index in [0.29, 0.717) is 11.4 Å². The van der Waals surface area contributed by atoms with Gasteiger partial charge in [-0.2, -0.15) is 0 Å². The lowest BCUT2D eigenvalue weighted by molar-refractivity contribution is -0.387. The van der Waals surface area contributed by atoms with Crippen LogP contribution in [0.5, 0.6) is 0 Å². The zero-order chi connectivity index (χ0) is 13.0. The molecule has 92 valence electrons. The van der Waals surface area contributed by atoms with E-state index in [1.165, 1.54) is 17.8 Å². The first-order valence-electron chi connectivity index (χ1n) is 5.41. The number of hydrogen-bond acceptors (Lipinski definition) is 4. The smallest absolute Gasteiger partial charge is 0.283 e. The van der Waals surface area contributed by atoms with Gasteiger partial charge in [0.1, 0.15) is 0 Å². The average Bonchev–Trinajstić information content (AvgIpc) is 2.40. The van der Waals surface area contributed by atoms with Gasteiger partial charge in [0.15, 0.2) is 0 Å². The van der Waals surface area contributed by atoms with Crippen molar-refractivity contribution in [2.75, 3.05) is 0 Å². The summed E-state index contributed by atoms with van der Waals surface area (Å²) in [6, 6.07) is 14.4. The SMILES string of the molecule is NCc1ccccc1Sc1ccccc1[N+](=O)[O-]. The van der Waals surface area contributed by atoms with Gasteiger partial charge in [-0.1, -0.05) is 42.1 Å². The van der Waals surface area contributed by atoms with Crippen LogP contribution in [0.25, 0.3) is 0 Å². The Balaban J connectivity index is 2.37. The minimum atomic E-state index is -0.368. The van der Waals surface area contributed by atoms with E-state index in [1.54, 1.807) is 18.2 Å². The van der Waals surface area contributed by atoms with Crippen molar-refractivity contribution in [2.24, 2.45) is 5.73 Å². The summed E-state index contributed by atoms with van der Waals surface area (Å²) in [5, 5.41) is 10.9. The Kier molecular flexibility index (Phi) is 3.96. The van der Waals surface area contributed by atoms with Crippen molar-refractivity contribution in [1.82, 2.24) is 0 Å². The van der Waals surface area contributed by atoms with Gasteiger partial charge in [0, 0.05) is 17.5 Å². The second-order valence-corrected chi connectivity index (χ2v) is 4.72. The number of nitro benzene ring substituents is 1. The maximum absolute atomic E-state index is 10.9. The van der Waals surface area contributed by atoms with E-state index in [-0.39, 0.29) is 10.6 Å². The first-order valence-corrected chi connectivity index (χ1v) is 6.23. The standard InChI is InChI=1S/C13H12N2O2S/c14-9-10-5-1-3-7-12(10)18-13-8-4-2-6-11(13)15(16)17/h1-8H,9,14H2. The van der Waals surface area contributed by atoms with Crippen LogP contribution in [-0.2, 0) is 6.54 Å². The Morgan fingerprint density at radius 3 is 2.33 bits per heavy atom. The fourth-order valence-electron chi connectivity index (χ4n) is 1.58. The Morgan fingerprint density at radius 1 is 1.06 bits per heavy atom. The number of para-hydroxylation sites is 1. The second kappa shape index (κ2) is 5.66. The lowest BCUT2D eigenvalue weighted by Gasteiger charge is -2.07. The number of hydrogen-bond donors (Lipinski definition) is 1. The van der Waals surface area contributed by atoms with Gasteiger partial charge in [0.2, 0.25) is 0 Å². The summed E-state index contributed by atoms with van der Waals surface area (Å²) in [4.78, 5) is 12.1. The normalized spacial score (nSPS) is 10.3. The van der Waals surface area contributed by atoms with Crippen LogP contribution in [0.15, 0.2) is 58.3 Å². The van der Waals surface area contributed by atoms with Crippen molar-refractivity contribution in [3.63, 3.8) is 0 Å². The lowest BCUT2D eigenvalue weighted by atomic mass is 10.2. The summed E-state index contributed by atoms with van der Waals surface area (Å²) < 4.78 is 0. The molecule has 0 saturated heterocycles. The van der Waals surface area contributed by atoms with Gasteiger partial charge in [-0.25, -0.2) is 0 Å². The average molecular weight is 260 g/mol. The van der Waals surface area contributed by atoms with E-state index in [0.717, 1.165) is 10.5 Å². The molecule has 2 N–H and O–H groups in total. The molecule has 0 spiro atoms. The number of benzene rings is 2. The first-order chi connectivity index (χ1) is 8.72. The van der Waals surface area contributed by atoms with Crippen LogP contribution in [0.2, 0.25) is 0 Å². The minimum absolute atomic E-state index is 0.120. The van der Waals surface area contributed by atoms with E-state index in [9.17, 15) is 10.1 Å². The lowest BCUT2D eigenvalue weighted by Crippen LogP contribution is -1.98. The van der Waals surface area contributed by atoms with Crippen molar-refractivity contribution in [2.45, 2.75) is 16.3 Å². The van der Waals surface area contributed by atoms with E-state index in [2.05, 4.69) is 0 Å². The molecule has 2 aromatic rings. The third kappa shape index (κ3) is 2.69. The maximum atomic E-state index is 10.9. The summed E-state index contributed by atoms with van der Waals surface area (Å²) in [6.45, 7) is 0.420. The maximum Gasteiger partial charge on any atom is 0.283 e. The van der Waals surface area contributed by atoms with Gasteiger partial charge >= 0.3 is 0 Å². The molecule has 0 fully saturated rings. The third-order valence-electron chi connectivity index (χ3n) is 2.47. The molecule has 0 heterocycles. The molecule has 0 aliphatic carbocycles. The van der Waals surface area contributed by atoms with Crippen LogP contribution in [0.3, 0.4) is 0 Å². The number of nitro groups is 1. The number of rotatable bonds is 4. The molecular formula is C13H12N2O2S. The van der Waals surface area contributed by atoms with Crippen LogP contribution >= 0.6 is 11.8 Å². The van der Waals surface area contributed by atoms with E-state index in [4.69, 9.17) is 5.73 Å². The van der Waals surface area contributed by atoms with Gasteiger partial charge in [0.25, 0.3) is 5.69 Å². The molecule has 4 nitrogen and oxygen atoms in total. The van der Waals surface area contributed by atoms with E-state index >= 15 is 0 Å². The van der Waals surface area contributed by atoms with Gasteiger partial charge in [-0.05, 0) is 17.7 Å². The molecule has 0 bridgehead atoms. The van der Waals surface area contributed by atoms with E-state index in [1.807, 2.05) is 24.3 Å². The molecule has 0 saturated carbocycles. The molecule has 0 amide bonds. The Morgan fingerprint density at radius 2 is 1.67 bits per heavy atom. The Bertz CT molecular complexity index is 572. The van der Waals surface area contributed by atoms with Gasteiger partial charge < -0.3 is 5.73 Å². The van der Waals surface area contributed by atoms with Crippen LogP contribution in [0, 0.1) is 10.1 Å². The summed E-state index contributed by atoms with van der Waals surface area (Å²) in [6.07, 6.45) is 0. The van der Waals surface area contributed by atoms with Gasteiger partial charge in [-0.3, -0.25) is 10.1 Å². The third-order valence-corrected chi connectivity index (χ3v) is 3.66. The summed E-state index contributed by atoms with van der Waals surface area (Å²) in [5.41, 5.74) is 6.76. The van der Waals surface area contributed by atoms with Gasteiger partial charge in [0.05, 0.1) is 9.82 Å². The molecule has 0 aromatic heterocycles.